The van der Waals surface area contributed by atoms with Crippen molar-refractivity contribution in [1.82, 2.24) is 10.6 Å². The lowest BCUT2D eigenvalue weighted by Crippen LogP contribution is -2.49. The fourth-order valence-corrected chi connectivity index (χ4v) is 3.62. The first kappa shape index (κ1) is 26.2. The van der Waals surface area contributed by atoms with Crippen molar-refractivity contribution in [3.8, 4) is 0 Å². The van der Waals surface area contributed by atoms with E-state index in [9.17, 15) is 19.6 Å². The number of halogens is 2. The van der Waals surface area contributed by atoms with Gasteiger partial charge in [0.1, 0.15) is 12.1 Å². The van der Waals surface area contributed by atoms with Gasteiger partial charge in [-0.05, 0) is 36.1 Å². The molecule has 32 heavy (non-hydrogen) atoms. The van der Waals surface area contributed by atoms with E-state index in [1.165, 1.54) is 0 Å². The van der Waals surface area contributed by atoms with E-state index in [0.29, 0.717) is 15.6 Å². The second kappa shape index (κ2) is 12.2. The molecular weight excluding hydrogens is 454 g/mol. The molecule has 0 saturated heterocycles. The van der Waals surface area contributed by atoms with Crippen LogP contribution in [0.5, 0.6) is 0 Å². The predicted molar refractivity (Wildman–Crippen MR) is 125 cm³/mol. The standard InChI is InChI=1S/C22H27BCl2N2O5/c1-13(2)20(21(28)26-12-16-8-9-17(24)11-18(16)25)22(29)27-19(32-23(30)31)10-15-6-4-14(3)5-7-15/h4-9,11,13,19-20,30-31H,10,12H2,1-3H3,(H,26,28)(H,27,29)/t19-,20?/m1/s1. The normalized spacial score (nSPS) is 12.9. The Kier molecular flexibility index (Phi) is 10.00. The summed E-state index contributed by atoms with van der Waals surface area (Å²) in [7, 11) is -2.08. The lowest BCUT2D eigenvalue weighted by atomic mass is 9.93. The van der Waals surface area contributed by atoms with Gasteiger partial charge in [0.15, 0.2) is 0 Å². The molecule has 1 unspecified atom stereocenters. The molecule has 0 aliphatic carbocycles. The lowest BCUT2D eigenvalue weighted by molar-refractivity contribution is -0.138. The van der Waals surface area contributed by atoms with Crippen LogP contribution in [-0.4, -0.2) is 35.4 Å². The fraction of sp³-hybridized carbons (Fsp3) is 0.364. The number of aryl methyl sites for hydroxylation is 1. The topological polar surface area (TPSA) is 108 Å². The van der Waals surface area contributed by atoms with E-state index in [1.54, 1.807) is 32.0 Å². The van der Waals surface area contributed by atoms with Gasteiger partial charge in [0.2, 0.25) is 11.8 Å². The summed E-state index contributed by atoms with van der Waals surface area (Å²) >= 11 is 12.0. The summed E-state index contributed by atoms with van der Waals surface area (Å²) < 4.78 is 5.04. The quantitative estimate of drug-likeness (QED) is 0.237. The van der Waals surface area contributed by atoms with Crippen molar-refractivity contribution >= 4 is 42.3 Å². The van der Waals surface area contributed by atoms with Crippen molar-refractivity contribution in [2.45, 2.75) is 40.0 Å². The molecular formula is C22H27BCl2N2O5. The summed E-state index contributed by atoms with van der Waals surface area (Å²) in [6.45, 7) is 5.57. The molecule has 0 spiro atoms. The Morgan fingerprint density at radius 3 is 2.28 bits per heavy atom. The monoisotopic (exact) mass is 480 g/mol. The Labute approximate surface area is 198 Å². The van der Waals surface area contributed by atoms with Crippen molar-refractivity contribution in [3.63, 3.8) is 0 Å². The molecule has 2 rings (SSSR count). The summed E-state index contributed by atoms with van der Waals surface area (Å²) in [5.74, 6) is -2.42. The zero-order valence-corrected chi connectivity index (χ0v) is 19.7. The van der Waals surface area contributed by atoms with Crippen LogP contribution < -0.4 is 10.6 Å². The van der Waals surface area contributed by atoms with E-state index in [0.717, 1.165) is 11.1 Å². The summed E-state index contributed by atoms with van der Waals surface area (Å²) in [5.41, 5.74) is 2.55. The van der Waals surface area contributed by atoms with Crippen LogP contribution in [0.15, 0.2) is 42.5 Å². The Balaban J connectivity index is 2.07. The Morgan fingerprint density at radius 2 is 1.72 bits per heavy atom. The van der Waals surface area contributed by atoms with E-state index in [1.807, 2.05) is 31.2 Å². The van der Waals surface area contributed by atoms with Crippen molar-refractivity contribution in [3.05, 3.63) is 69.2 Å². The van der Waals surface area contributed by atoms with Gasteiger partial charge in [-0.25, -0.2) is 0 Å². The second-order valence-corrected chi connectivity index (χ2v) is 8.67. The minimum Gasteiger partial charge on any atom is -0.402 e. The molecule has 0 aliphatic rings. The Bertz CT molecular complexity index is 925. The number of hydrogen-bond acceptors (Lipinski definition) is 5. The van der Waals surface area contributed by atoms with Crippen LogP contribution in [0.1, 0.15) is 30.5 Å². The van der Waals surface area contributed by atoms with Crippen LogP contribution in [0.4, 0.5) is 0 Å². The molecule has 2 aromatic rings. The van der Waals surface area contributed by atoms with Crippen LogP contribution in [0.3, 0.4) is 0 Å². The molecule has 10 heteroatoms. The molecule has 4 N–H and O–H groups in total. The highest BCUT2D eigenvalue weighted by molar-refractivity contribution is 6.35. The van der Waals surface area contributed by atoms with Gasteiger partial charge in [0.05, 0.1) is 0 Å². The van der Waals surface area contributed by atoms with Crippen molar-refractivity contribution < 1.29 is 24.3 Å². The number of carbonyl (C=O) groups excluding carboxylic acids is 2. The maximum Gasteiger partial charge on any atom is 0.635 e. The molecule has 0 bridgehead atoms. The van der Waals surface area contributed by atoms with Gasteiger partial charge in [-0.15, -0.1) is 0 Å². The third-order valence-electron chi connectivity index (χ3n) is 4.83. The zero-order chi connectivity index (χ0) is 23.8. The van der Waals surface area contributed by atoms with Gasteiger partial charge >= 0.3 is 7.32 Å². The van der Waals surface area contributed by atoms with Crippen LogP contribution in [0.2, 0.25) is 10.0 Å². The maximum absolute atomic E-state index is 12.9. The van der Waals surface area contributed by atoms with Gasteiger partial charge in [0.25, 0.3) is 0 Å². The van der Waals surface area contributed by atoms with Crippen molar-refractivity contribution in [2.75, 3.05) is 0 Å². The third-order valence-corrected chi connectivity index (χ3v) is 5.42. The van der Waals surface area contributed by atoms with Crippen LogP contribution in [0, 0.1) is 18.8 Å². The lowest BCUT2D eigenvalue weighted by Gasteiger charge is -2.25. The molecule has 0 heterocycles. The minimum atomic E-state index is -2.08. The number of rotatable bonds is 10. The van der Waals surface area contributed by atoms with Gasteiger partial charge < -0.3 is 25.3 Å². The van der Waals surface area contributed by atoms with E-state index in [2.05, 4.69) is 10.6 Å². The van der Waals surface area contributed by atoms with Crippen LogP contribution >= 0.6 is 23.2 Å². The van der Waals surface area contributed by atoms with Crippen molar-refractivity contribution in [1.29, 1.82) is 0 Å². The molecule has 0 aliphatic heterocycles. The summed E-state index contributed by atoms with van der Waals surface area (Å²) in [6, 6.07) is 12.4. The number of hydrogen-bond donors (Lipinski definition) is 4. The minimum absolute atomic E-state index is 0.129. The molecule has 0 radical (unpaired) electrons. The van der Waals surface area contributed by atoms with E-state index in [4.69, 9.17) is 27.9 Å². The van der Waals surface area contributed by atoms with Crippen molar-refractivity contribution in [2.24, 2.45) is 11.8 Å². The highest BCUT2D eigenvalue weighted by atomic mass is 35.5. The number of carbonyl (C=O) groups is 2. The number of nitrogens with one attached hydrogen (secondary N) is 2. The highest BCUT2D eigenvalue weighted by Crippen LogP contribution is 2.21. The zero-order valence-electron chi connectivity index (χ0n) is 18.1. The maximum atomic E-state index is 12.9. The smallest absolute Gasteiger partial charge is 0.402 e. The molecule has 2 aromatic carbocycles. The predicted octanol–water partition coefficient (Wildman–Crippen LogP) is 2.86. The molecule has 2 amide bonds. The molecule has 0 aromatic heterocycles. The largest absolute Gasteiger partial charge is 0.635 e. The van der Waals surface area contributed by atoms with Crippen LogP contribution in [0.25, 0.3) is 0 Å². The Morgan fingerprint density at radius 1 is 1.06 bits per heavy atom. The fourth-order valence-electron chi connectivity index (χ4n) is 3.15. The molecule has 2 atom stereocenters. The average Bonchev–Trinajstić information content (AvgIpc) is 2.68. The summed E-state index contributed by atoms with van der Waals surface area (Å²) in [5, 5.41) is 24.7. The first-order chi connectivity index (χ1) is 15.1. The first-order valence-electron chi connectivity index (χ1n) is 10.2. The van der Waals surface area contributed by atoms with E-state index in [-0.39, 0.29) is 18.9 Å². The first-order valence-corrected chi connectivity index (χ1v) is 10.9. The SMILES string of the molecule is Cc1ccc(C[C@H](NC(=O)C(C(=O)NCc2ccc(Cl)cc2Cl)C(C)C)OB(O)O)cc1. The number of benzene rings is 2. The summed E-state index contributed by atoms with van der Waals surface area (Å²) in [4.78, 5) is 25.7. The number of amides is 2. The van der Waals surface area contributed by atoms with Gasteiger partial charge in [0, 0.05) is 23.0 Å². The van der Waals surface area contributed by atoms with E-state index >= 15 is 0 Å². The molecule has 7 nitrogen and oxygen atoms in total. The van der Waals surface area contributed by atoms with Gasteiger partial charge in [-0.3, -0.25) is 9.59 Å². The van der Waals surface area contributed by atoms with E-state index < -0.39 is 31.3 Å². The average molecular weight is 481 g/mol. The highest BCUT2D eigenvalue weighted by Gasteiger charge is 2.32. The second-order valence-electron chi connectivity index (χ2n) is 7.82. The molecule has 0 saturated carbocycles. The molecule has 0 fully saturated rings. The third kappa shape index (κ3) is 8.11. The van der Waals surface area contributed by atoms with Crippen LogP contribution in [-0.2, 0) is 27.2 Å². The van der Waals surface area contributed by atoms with Gasteiger partial charge in [-0.2, -0.15) is 0 Å². The molecule has 172 valence electrons. The summed E-state index contributed by atoms with van der Waals surface area (Å²) in [6.07, 6.45) is -0.846. The Hall–Kier alpha value is -2.10. The van der Waals surface area contributed by atoms with Gasteiger partial charge in [-0.1, -0.05) is 72.9 Å².